The van der Waals surface area contributed by atoms with Gasteiger partial charge in [0, 0.05) is 25.0 Å². The second-order valence-corrected chi connectivity index (χ2v) is 10.0. The Balaban J connectivity index is 1.73. The summed E-state index contributed by atoms with van der Waals surface area (Å²) in [4.78, 5) is 15.1. The van der Waals surface area contributed by atoms with E-state index in [1.807, 2.05) is 24.0 Å². The molecule has 0 saturated carbocycles. The number of benzene rings is 1. The van der Waals surface area contributed by atoms with Crippen LogP contribution in [0.2, 0.25) is 0 Å². The minimum atomic E-state index is -3.62. The van der Waals surface area contributed by atoms with Crippen LogP contribution in [0.15, 0.2) is 40.6 Å². The maximum atomic E-state index is 12.9. The summed E-state index contributed by atoms with van der Waals surface area (Å²) >= 11 is 1.18. The molecule has 1 aromatic carbocycles. The summed E-state index contributed by atoms with van der Waals surface area (Å²) in [5.41, 5.74) is 1.70. The number of carbonyl (C=O) groups is 1. The summed E-state index contributed by atoms with van der Waals surface area (Å²) in [7, 11) is -2.06. The second-order valence-electron chi connectivity index (χ2n) is 6.65. The van der Waals surface area contributed by atoms with E-state index in [2.05, 4.69) is 0 Å². The van der Waals surface area contributed by atoms with Gasteiger partial charge in [-0.2, -0.15) is 0 Å². The summed E-state index contributed by atoms with van der Waals surface area (Å²) in [6.45, 7) is 3.58. The Morgan fingerprint density at radius 1 is 1.08 bits per heavy atom. The fourth-order valence-corrected chi connectivity index (χ4v) is 5.74. The smallest absolute Gasteiger partial charge is 0.273 e. The van der Waals surface area contributed by atoms with E-state index in [9.17, 15) is 13.2 Å². The summed E-state index contributed by atoms with van der Waals surface area (Å²) < 4.78 is 27.3. The highest BCUT2D eigenvalue weighted by Gasteiger charge is 2.24. The number of carbonyl (C=O) groups excluding carboxylic acids is 1. The molecule has 26 heavy (non-hydrogen) atoms. The van der Waals surface area contributed by atoms with Gasteiger partial charge in [-0.3, -0.25) is 9.10 Å². The Bertz CT molecular complexity index is 866. The number of hydrogen-bond donors (Lipinski definition) is 0. The minimum absolute atomic E-state index is 0.0855. The molecule has 3 rings (SSSR count). The average molecular weight is 393 g/mol. The van der Waals surface area contributed by atoms with Crippen molar-refractivity contribution in [2.24, 2.45) is 0 Å². The van der Waals surface area contributed by atoms with E-state index < -0.39 is 10.0 Å². The Morgan fingerprint density at radius 2 is 1.73 bits per heavy atom. The highest BCUT2D eigenvalue weighted by Crippen LogP contribution is 2.28. The minimum Gasteiger partial charge on any atom is -0.342 e. The Kier molecular flexibility index (Phi) is 5.67. The van der Waals surface area contributed by atoms with Crippen LogP contribution in [0.25, 0.3) is 0 Å². The van der Waals surface area contributed by atoms with Crippen molar-refractivity contribution in [2.45, 2.75) is 36.8 Å². The van der Waals surface area contributed by atoms with Crippen molar-refractivity contribution in [2.75, 3.05) is 24.4 Å². The number of sulfonamides is 1. The van der Waals surface area contributed by atoms with Gasteiger partial charge in [0.15, 0.2) is 0 Å². The molecule has 0 unspecified atom stereocenters. The summed E-state index contributed by atoms with van der Waals surface area (Å²) in [6, 6.07) is 10.7. The number of likely N-dealkylation sites (tertiary alicyclic amines) is 1. The van der Waals surface area contributed by atoms with E-state index in [-0.39, 0.29) is 16.5 Å². The van der Waals surface area contributed by atoms with Crippen LogP contribution in [0.1, 0.15) is 29.7 Å². The maximum Gasteiger partial charge on any atom is 0.273 e. The lowest BCUT2D eigenvalue weighted by atomic mass is 10.1. The molecule has 2 aromatic rings. The predicted molar refractivity (Wildman–Crippen MR) is 105 cm³/mol. The third-order valence-corrected chi connectivity index (χ3v) is 8.02. The van der Waals surface area contributed by atoms with Crippen molar-refractivity contribution >= 4 is 33.0 Å². The van der Waals surface area contributed by atoms with E-state index in [1.54, 1.807) is 31.3 Å². The molecule has 0 spiro atoms. The third-order valence-electron chi connectivity index (χ3n) is 4.68. The van der Waals surface area contributed by atoms with Crippen molar-refractivity contribution in [3.63, 3.8) is 0 Å². The molecular weight excluding hydrogens is 368 g/mol. The average Bonchev–Trinajstić information content (AvgIpc) is 3.12. The molecule has 1 saturated heterocycles. The van der Waals surface area contributed by atoms with Crippen LogP contribution in [0.4, 0.5) is 5.69 Å². The molecular formula is C19H24N2O3S2. The zero-order valence-corrected chi connectivity index (χ0v) is 16.8. The Labute approximate surface area is 159 Å². The molecule has 0 atom stereocenters. The highest BCUT2D eigenvalue weighted by molar-refractivity contribution is 7.94. The fraction of sp³-hybridized carbons (Fsp3) is 0.421. The lowest BCUT2D eigenvalue weighted by Gasteiger charge is -2.26. The summed E-state index contributed by atoms with van der Waals surface area (Å²) in [5, 5.41) is 0. The van der Waals surface area contributed by atoms with E-state index >= 15 is 0 Å². The van der Waals surface area contributed by atoms with Crippen LogP contribution in [0.3, 0.4) is 0 Å². The first-order valence-electron chi connectivity index (χ1n) is 8.80. The van der Waals surface area contributed by atoms with Crippen molar-refractivity contribution < 1.29 is 13.2 Å². The first-order valence-corrected chi connectivity index (χ1v) is 11.1. The van der Waals surface area contributed by atoms with Crippen LogP contribution < -0.4 is 4.31 Å². The Morgan fingerprint density at radius 3 is 2.38 bits per heavy atom. The van der Waals surface area contributed by atoms with E-state index in [1.165, 1.54) is 22.1 Å². The number of nitrogens with zero attached hydrogens (tertiary/aromatic N) is 2. The first-order chi connectivity index (χ1) is 12.4. The normalized spacial score (nSPS) is 15.1. The van der Waals surface area contributed by atoms with Gasteiger partial charge in [-0.25, -0.2) is 8.42 Å². The van der Waals surface area contributed by atoms with Gasteiger partial charge in [-0.05, 0) is 50.5 Å². The predicted octanol–water partition coefficient (Wildman–Crippen LogP) is 3.44. The number of hydrogen-bond acceptors (Lipinski definition) is 4. The van der Waals surface area contributed by atoms with Gasteiger partial charge in [0.05, 0.1) is 12.1 Å². The van der Waals surface area contributed by atoms with Crippen LogP contribution in [0.5, 0.6) is 0 Å². The zero-order chi connectivity index (χ0) is 18.7. The largest absolute Gasteiger partial charge is 0.342 e. The molecule has 0 N–H and O–H groups in total. The number of piperidine rings is 1. The number of thiophene rings is 1. The van der Waals surface area contributed by atoms with Gasteiger partial charge in [0.2, 0.25) is 5.91 Å². The van der Waals surface area contributed by atoms with Crippen molar-refractivity contribution in [3.05, 3.63) is 46.8 Å². The molecule has 0 radical (unpaired) electrons. The number of amides is 1. The van der Waals surface area contributed by atoms with Crippen LogP contribution >= 0.6 is 11.3 Å². The lowest BCUT2D eigenvalue weighted by molar-refractivity contribution is -0.131. The Hall–Kier alpha value is -1.86. The third kappa shape index (κ3) is 4.10. The number of rotatable bonds is 5. The molecule has 1 aliphatic heterocycles. The molecule has 5 nitrogen and oxygen atoms in total. The van der Waals surface area contributed by atoms with Gasteiger partial charge in [-0.1, -0.05) is 17.7 Å². The molecule has 140 valence electrons. The molecule has 2 heterocycles. The summed E-state index contributed by atoms with van der Waals surface area (Å²) in [6.07, 6.45) is 3.55. The van der Waals surface area contributed by atoms with Crippen LogP contribution in [-0.4, -0.2) is 39.4 Å². The molecule has 0 bridgehead atoms. The van der Waals surface area contributed by atoms with Crippen molar-refractivity contribution in [1.82, 2.24) is 4.90 Å². The number of aryl methyl sites for hydroxylation is 1. The SMILES string of the molecule is Cc1ccc(N(C)S(=O)(=O)c2ccc(CC(=O)N3CCCCC3)s2)cc1. The second kappa shape index (κ2) is 7.80. The highest BCUT2D eigenvalue weighted by atomic mass is 32.2. The molecule has 0 aliphatic carbocycles. The number of anilines is 1. The molecule has 1 aliphatic rings. The van der Waals surface area contributed by atoms with Gasteiger partial charge in [0.25, 0.3) is 10.0 Å². The molecule has 1 aromatic heterocycles. The molecule has 1 fully saturated rings. The zero-order valence-electron chi connectivity index (χ0n) is 15.1. The quantitative estimate of drug-likeness (QED) is 0.783. The lowest BCUT2D eigenvalue weighted by Crippen LogP contribution is -2.36. The van der Waals surface area contributed by atoms with Crippen molar-refractivity contribution in [1.29, 1.82) is 0 Å². The van der Waals surface area contributed by atoms with Gasteiger partial charge < -0.3 is 4.90 Å². The van der Waals surface area contributed by atoms with E-state index in [0.717, 1.165) is 36.4 Å². The van der Waals surface area contributed by atoms with E-state index in [4.69, 9.17) is 0 Å². The van der Waals surface area contributed by atoms with Gasteiger partial charge in [0.1, 0.15) is 4.21 Å². The first kappa shape index (κ1) is 18.9. The van der Waals surface area contributed by atoms with Gasteiger partial charge >= 0.3 is 0 Å². The molecule has 7 heteroatoms. The van der Waals surface area contributed by atoms with E-state index in [0.29, 0.717) is 5.69 Å². The fourth-order valence-electron chi connectivity index (χ4n) is 3.02. The topological polar surface area (TPSA) is 57.7 Å². The van der Waals surface area contributed by atoms with Crippen molar-refractivity contribution in [3.8, 4) is 0 Å². The van der Waals surface area contributed by atoms with Crippen LogP contribution in [-0.2, 0) is 21.2 Å². The monoisotopic (exact) mass is 392 g/mol. The summed E-state index contributed by atoms with van der Waals surface area (Å²) in [5.74, 6) is 0.0855. The van der Waals surface area contributed by atoms with Gasteiger partial charge in [-0.15, -0.1) is 11.3 Å². The van der Waals surface area contributed by atoms with Crippen LogP contribution in [0, 0.1) is 6.92 Å². The standard InChI is InChI=1S/C19H24N2O3S2/c1-15-6-8-16(9-7-15)20(2)26(23,24)19-11-10-17(25-19)14-18(22)21-12-4-3-5-13-21/h6-11H,3-5,12-14H2,1-2H3. The maximum absolute atomic E-state index is 12.9. The molecule has 1 amide bonds.